The SMILES string of the molecule is C=C1CCC(O[Si](OC)(C(C)(C)C)C(C)(C)C)C1C. The van der Waals surface area contributed by atoms with Crippen LogP contribution >= 0.6 is 0 Å². The molecule has 2 nitrogen and oxygen atoms in total. The Morgan fingerprint density at radius 1 is 1.11 bits per heavy atom. The van der Waals surface area contributed by atoms with Crippen molar-refractivity contribution in [3.63, 3.8) is 0 Å². The van der Waals surface area contributed by atoms with Gasteiger partial charge in [0.05, 0.1) is 6.10 Å². The largest absolute Gasteiger partial charge is 0.397 e. The molecule has 0 amide bonds. The summed E-state index contributed by atoms with van der Waals surface area (Å²) in [6.45, 7) is 19.9. The van der Waals surface area contributed by atoms with Crippen molar-refractivity contribution in [2.45, 2.75) is 77.5 Å². The van der Waals surface area contributed by atoms with Crippen molar-refractivity contribution >= 4 is 8.56 Å². The smallest absolute Gasteiger partial charge is 0.349 e. The Bertz CT molecular complexity index is 322. The maximum atomic E-state index is 6.72. The van der Waals surface area contributed by atoms with Crippen molar-refractivity contribution in [1.29, 1.82) is 0 Å². The average molecular weight is 285 g/mol. The first-order valence-corrected chi connectivity index (χ1v) is 9.18. The minimum Gasteiger partial charge on any atom is -0.397 e. The standard InChI is InChI=1S/C16H32O2Si/c1-12-10-11-14(13(12)2)18-19(17-9,15(3,4)5)16(6,7)8/h13-14H,1,10-11H2,2-9H3. The minimum absolute atomic E-state index is 0.0453. The lowest BCUT2D eigenvalue weighted by Gasteiger charge is -2.50. The molecule has 1 aliphatic carbocycles. The molecule has 3 heteroatoms. The first-order chi connectivity index (χ1) is 8.46. The van der Waals surface area contributed by atoms with E-state index in [1.54, 1.807) is 0 Å². The highest BCUT2D eigenvalue weighted by atomic mass is 28.4. The van der Waals surface area contributed by atoms with E-state index in [2.05, 4.69) is 55.0 Å². The van der Waals surface area contributed by atoms with Crippen molar-refractivity contribution in [3.05, 3.63) is 12.2 Å². The van der Waals surface area contributed by atoms with Crippen LogP contribution in [0.15, 0.2) is 12.2 Å². The van der Waals surface area contributed by atoms with Gasteiger partial charge < -0.3 is 8.85 Å². The van der Waals surface area contributed by atoms with Crippen LogP contribution < -0.4 is 0 Å². The molecule has 0 heterocycles. The lowest BCUT2D eigenvalue weighted by molar-refractivity contribution is 0.0805. The Kier molecular flexibility index (Phi) is 4.76. The van der Waals surface area contributed by atoms with Gasteiger partial charge in [0.2, 0.25) is 0 Å². The van der Waals surface area contributed by atoms with Crippen LogP contribution in [0.25, 0.3) is 0 Å². The quantitative estimate of drug-likeness (QED) is 0.533. The van der Waals surface area contributed by atoms with Crippen LogP contribution in [-0.4, -0.2) is 21.8 Å². The van der Waals surface area contributed by atoms with Gasteiger partial charge in [0.1, 0.15) is 0 Å². The molecular weight excluding hydrogens is 252 g/mol. The Hall–Kier alpha value is -0.123. The summed E-state index contributed by atoms with van der Waals surface area (Å²) in [5.74, 6) is 0.451. The fourth-order valence-electron chi connectivity index (χ4n) is 3.58. The van der Waals surface area contributed by atoms with Crippen molar-refractivity contribution in [2.75, 3.05) is 7.11 Å². The van der Waals surface area contributed by atoms with E-state index in [4.69, 9.17) is 8.85 Å². The molecule has 0 aromatic heterocycles. The monoisotopic (exact) mass is 284 g/mol. The molecule has 2 unspecified atom stereocenters. The van der Waals surface area contributed by atoms with Gasteiger partial charge in [0.25, 0.3) is 0 Å². The topological polar surface area (TPSA) is 18.5 Å². The van der Waals surface area contributed by atoms with Gasteiger partial charge >= 0.3 is 8.56 Å². The Balaban J connectivity index is 3.09. The molecule has 0 spiro atoms. The van der Waals surface area contributed by atoms with Crippen molar-refractivity contribution in [3.8, 4) is 0 Å². The third kappa shape index (κ3) is 2.98. The van der Waals surface area contributed by atoms with E-state index in [0.717, 1.165) is 12.8 Å². The number of rotatable bonds is 3. The van der Waals surface area contributed by atoms with Gasteiger partial charge in [-0.1, -0.05) is 60.6 Å². The van der Waals surface area contributed by atoms with Crippen LogP contribution in [0.1, 0.15) is 61.3 Å². The first-order valence-electron chi connectivity index (χ1n) is 7.37. The molecule has 1 aliphatic rings. The van der Waals surface area contributed by atoms with Gasteiger partial charge in [-0.05, 0) is 12.8 Å². The molecule has 0 aromatic rings. The summed E-state index contributed by atoms with van der Waals surface area (Å²) in [5, 5.41) is 0.0906. The van der Waals surface area contributed by atoms with Crippen molar-refractivity contribution in [2.24, 2.45) is 5.92 Å². The summed E-state index contributed by atoms with van der Waals surface area (Å²) in [6.07, 6.45) is 2.45. The molecule has 0 aromatic carbocycles. The molecule has 1 rings (SSSR count). The van der Waals surface area contributed by atoms with Crippen LogP contribution in [-0.2, 0) is 8.85 Å². The van der Waals surface area contributed by atoms with Gasteiger partial charge in [-0.25, -0.2) is 0 Å². The maximum Gasteiger partial charge on any atom is 0.349 e. The van der Waals surface area contributed by atoms with Crippen molar-refractivity contribution in [1.82, 2.24) is 0 Å². The van der Waals surface area contributed by atoms with E-state index in [1.165, 1.54) is 5.57 Å². The van der Waals surface area contributed by atoms with E-state index >= 15 is 0 Å². The van der Waals surface area contributed by atoms with Crippen LogP contribution in [0.5, 0.6) is 0 Å². The van der Waals surface area contributed by atoms with E-state index in [1.807, 2.05) is 7.11 Å². The molecule has 0 radical (unpaired) electrons. The predicted octanol–water partition coefficient (Wildman–Crippen LogP) is 5.05. The zero-order chi connectivity index (χ0) is 15.1. The summed E-state index contributed by atoms with van der Waals surface area (Å²) in [4.78, 5) is 0. The lowest BCUT2D eigenvalue weighted by Crippen LogP contribution is -2.58. The summed E-state index contributed by atoms with van der Waals surface area (Å²) in [5.41, 5.74) is 1.33. The van der Waals surface area contributed by atoms with E-state index < -0.39 is 8.56 Å². The highest BCUT2D eigenvalue weighted by Gasteiger charge is 2.59. The molecule has 112 valence electrons. The molecule has 0 saturated heterocycles. The molecule has 1 fully saturated rings. The summed E-state index contributed by atoms with van der Waals surface area (Å²) >= 11 is 0. The lowest BCUT2D eigenvalue weighted by atomic mass is 10.1. The second-order valence-corrected chi connectivity index (χ2v) is 12.8. The van der Waals surface area contributed by atoms with Crippen LogP contribution in [0, 0.1) is 5.92 Å². The zero-order valence-electron chi connectivity index (χ0n) is 14.1. The van der Waals surface area contributed by atoms with E-state index in [0.29, 0.717) is 5.92 Å². The van der Waals surface area contributed by atoms with Gasteiger partial charge in [-0.3, -0.25) is 0 Å². The van der Waals surface area contributed by atoms with Crippen LogP contribution in [0.2, 0.25) is 10.1 Å². The molecule has 0 N–H and O–H groups in total. The second kappa shape index (κ2) is 5.34. The van der Waals surface area contributed by atoms with Gasteiger partial charge in [-0.15, -0.1) is 0 Å². The van der Waals surface area contributed by atoms with E-state index in [9.17, 15) is 0 Å². The van der Waals surface area contributed by atoms with Gasteiger partial charge in [0, 0.05) is 23.1 Å². The average Bonchev–Trinajstić information content (AvgIpc) is 2.53. The molecular formula is C16H32O2Si. The summed E-state index contributed by atoms with van der Waals surface area (Å²) in [6, 6.07) is 0. The van der Waals surface area contributed by atoms with Crippen LogP contribution in [0.4, 0.5) is 0 Å². The minimum atomic E-state index is -2.35. The summed E-state index contributed by atoms with van der Waals surface area (Å²) < 4.78 is 12.8. The molecule has 0 aliphatic heterocycles. The highest BCUT2D eigenvalue weighted by Crippen LogP contribution is 2.53. The fraction of sp³-hybridized carbons (Fsp3) is 0.875. The Labute approximate surface area is 120 Å². The fourth-order valence-corrected chi connectivity index (χ4v) is 8.61. The second-order valence-electron chi connectivity index (χ2n) is 7.96. The molecule has 1 saturated carbocycles. The third-order valence-electron chi connectivity index (χ3n) is 4.53. The normalized spacial score (nSPS) is 26.0. The Morgan fingerprint density at radius 2 is 1.58 bits per heavy atom. The van der Waals surface area contributed by atoms with Gasteiger partial charge in [-0.2, -0.15) is 0 Å². The predicted molar refractivity (Wildman–Crippen MR) is 84.6 cm³/mol. The highest BCUT2D eigenvalue weighted by molar-refractivity contribution is 6.73. The van der Waals surface area contributed by atoms with Crippen molar-refractivity contribution < 1.29 is 8.85 Å². The van der Waals surface area contributed by atoms with Crippen LogP contribution in [0.3, 0.4) is 0 Å². The zero-order valence-corrected chi connectivity index (χ0v) is 15.1. The summed E-state index contributed by atoms with van der Waals surface area (Å²) in [7, 11) is -0.520. The molecule has 0 bridgehead atoms. The molecule has 19 heavy (non-hydrogen) atoms. The number of hydrogen-bond donors (Lipinski definition) is 0. The Morgan fingerprint density at radius 3 is 1.84 bits per heavy atom. The maximum absolute atomic E-state index is 6.72. The first kappa shape index (κ1) is 16.9. The van der Waals surface area contributed by atoms with E-state index in [-0.39, 0.29) is 16.2 Å². The van der Waals surface area contributed by atoms with Gasteiger partial charge in [0.15, 0.2) is 0 Å². The molecule has 2 atom stereocenters. The third-order valence-corrected chi connectivity index (χ3v) is 9.69. The number of hydrogen-bond acceptors (Lipinski definition) is 2.